The Kier molecular flexibility index (Phi) is 1.67. The summed E-state index contributed by atoms with van der Waals surface area (Å²) in [7, 11) is 0. The van der Waals surface area contributed by atoms with Crippen LogP contribution in [0.15, 0.2) is 11.1 Å². The molecule has 0 saturated carbocycles. The van der Waals surface area contributed by atoms with Crippen molar-refractivity contribution in [2.75, 3.05) is 0 Å². The van der Waals surface area contributed by atoms with Gasteiger partial charge in [-0.25, -0.2) is 0 Å². The van der Waals surface area contributed by atoms with Gasteiger partial charge in [0, 0.05) is 5.92 Å². The van der Waals surface area contributed by atoms with E-state index in [-0.39, 0.29) is 5.92 Å². The first kappa shape index (κ1) is 7.52. The standard InChI is InChI=1S/C9H14O/c1-5-6(2)8(4)9(10)7(5)3/h5,7H,1-4H3. The topological polar surface area (TPSA) is 17.1 Å². The molecule has 0 aliphatic heterocycles. The lowest BCUT2D eigenvalue weighted by atomic mass is 9.95. The molecule has 1 heteroatoms. The van der Waals surface area contributed by atoms with Crippen LogP contribution in [0, 0.1) is 11.8 Å². The van der Waals surface area contributed by atoms with Gasteiger partial charge in [0.15, 0.2) is 5.78 Å². The van der Waals surface area contributed by atoms with Gasteiger partial charge in [0.1, 0.15) is 0 Å². The SMILES string of the molecule is CC1=C(C)C(C)C(C)C1=O. The fourth-order valence-corrected chi connectivity index (χ4v) is 1.48. The molecule has 0 N–H and O–H groups in total. The third kappa shape index (κ3) is 0.808. The van der Waals surface area contributed by atoms with Crippen LogP contribution >= 0.6 is 0 Å². The molecule has 0 aromatic carbocycles. The average molecular weight is 138 g/mol. The molecule has 56 valence electrons. The lowest BCUT2D eigenvalue weighted by Crippen LogP contribution is -2.10. The van der Waals surface area contributed by atoms with Crippen LogP contribution in [0.4, 0.5) is 0 Å². The van der Waals surface area contributed by atoms with Crippen molar-refractivity contribution in [3.63, 3.8) is 0 Å². The molecule has 1 aliphatic carbocycles. The molecule has 0 spiro atoms. The van der Waals surface area contributed by atoms with Crippen LogP contribution in [0.5, 0.6) is 0 Å². The van der Waals surface area contributed by atoms with E-state index in [1.165, 1.54) is 5.57 Å². The van der Waals surface area contributed by atoms with Crippen molar-refractivity contribution >= 4 is 5.78 Å². The Hall–Kier alpha value is -0.590. The van der Waals surface area contributed by atoms with Gasteiger partial charge in [0.2, 0.25) is 0 Å². The van der Waals surface area contributed by atoms with E-state index >= 15 is 0 Å². The van der Waals surface area contributed by atoms with Crippen molar-refractivity contribution in [3.05, 3.63) is 11.1 Å². The van der Waals surface area contributed by atoms with E-state index in [9.17, 15) is 4.79 Å². The van der Waals surface area contributed by atoms with Crippen LogP contribution in [0.1, 0.15) is 27.7 Å². The Balaban J connectivity index is 2.99. The van der Waals surface area contributed by atoms with Gasteiger partial charge in [-0.05, 0) is 25.3 Å². The quantitative estimate of drug-likeness (QED) is 0.501. The zero-order valence-corrected chi connectivity index (χ0v) is 7.06. The number of rotatable bonds is 0. The van der Waals surface area contributed by atoms with Crippen molar-refractivity contribution in [2.24, 2.45) is 11.8 Å². The summed E-state index contributed by atoms with van der Waals surface area (Å²) in [6.07, 6.45) is 0. The second kappa shape index (κ2) is 2.22. The number of hydrogen-bond acceptors (Lipinski definition) is 1. The Bertz CT molecular complexity index is 201. The van der Waals surface area contributed by atoms with Gasteiger partial charge in [-0.15, -0.1) is 0 Å². The molecule has 0 bridgehead atoms. The predicted octanol–water partition coefficient (Wildman–Crippen LogP) is 2.18. The van der Waals surface area contributed by atoms with Crippen molar-refractivity contribution in [1.29, 1.82) is 0 Å². The Morgan fingerprint density at radius 2 is 1.60 bits per heavy atom. The summed E-state index contributed by atoms with van der Waals surface area (Å²) in [5.74, 6) is 1.03. The molecule has 1 rings (SSSR count). The van der Waals surface area contributed by atoms with E-state index in [2.05, 4.69) is 13.8 Å². The maximum atomic E-state index is 11.3. The fourth-order valence-electron chi connectivity index (χ4n) is 1.48. The summed E-state index contributed by atoms with van der Waals surface area (Å²) in [5.41, 5.74) is 2.26. The third-order valence-electron chi connectivity index (χ3n) is 2.81. The molecular formula is C9H14O. The summed E-state index contributed by atoms with van der Waals surface area (Å²) in [4.78, 5) is 11.3. The van der Waals surface area contributed by atoms with Crippen LogP contribution in [-0.2, 0) is 4.79 Å². The first-order chi connectivity index (χ1) is 4.55. The van der Waals surface area contributed by atoms with Gasteiger partial charge < -0.3 is 0 Å². The number of carbonyl (C=O) groups is 1. The molecule has 0 fully saturated rings. The van der Waals surface area contributed by atoms with Crippen LogP contribution in [-0.4, -0.2) is 5.78 Å². The maximum Gasteiger partial charge on any atom is 0.161 e. The first-order valence-corrected chi connectivity index (χ1v) is 3.77. The van der Waals surface area contributed by atoms with E-state index in [0.29, 0.717) is 11.7 Å². The van der Waals surface area contributed by atoms with Gasteiger partial charge >= 0.3 is 0 Å². The second-order valence-corrected chi connectivity index (χ2v) is 3.25. The molecule has 0 aromatic heterocycles. The van der Waals surface area contributed by atoms with Crippen LogP contribution in [0.25, 0.3) is 0 Å². The van der Waals surface area contributed by atoms with Gasteiger partial charge in [-0.1, -0.05) is 19.4 Å². The lowest BCUT2D eigenvalue weighted by molar-refractivity contribution is -0.118. The van der Waals surface area contributed by atoms with Gasteiger partial charge in [0.25, 0.3) is 0 Å². The largest absolute Gasteiger partial charge is 0.294 e. The number of Topliss-reactive ketones (excluding diaryl/α,β-unsaturated/α-hetero) is 1. The second-order valence-electron chi connectivity index (χ2n) is 3.25. The van der Waals surface area contributed by atoms with E-state index in [1.54, 1.807) is 0 Å². The lowest BCUT2D eigenvalue weighted by Gasteiger charge is -2.08. The molecule has 1 aliphatic rings. The summed E-state index contributed by atoms with van der Waals surface area (Å²) in [6, 6.07) is 0. The summed E-state index contributed by atoms with van der Waals surface area (Å²) in [6.45, 7) is 8.11. The van der Waals surface area contributed by atoms with Crippen molar-refractivity contribution in [1.82, 2.24) is 0 Å². The predicted molar refractivity (Wildman–Crippen MR) is 41.7 cm³/mol. The molecule has 1 nitrogen and oxygen atoms in total. The molecule has 0 saturated heterocycles. The van der Waals surface area contributed by atoms with Crippen molar-refractivity contribution < 1.29 is 4.79 Å². The molecule has 2 atom stereocenters. The summed E-state index contributed by atoms with van der Waals surface area (Å²) < 4.78 is 0. The number of ketones is 1. The minimum absolute atomic E-state index is 0.222. The Labute approximate surface area is 62.1 Å². The third-order valence-corrected chi connectivity index (χ3v) is 2.81. The van der Waals surface area contributed by atoms with Crippen LogP contribution in [0.2, 0.25) is 0 Å². The first-order valence-electron chi connectivity index (χ1n) is 3.77. The minimum atomic E-state index is 0.222. The van der Waals surface area contributed by atoms with Crippen LogP contribution in [0.3, 0.4) is 0 Å². The van der Waals surface area contributed by atoms with Crippen molar-refractivity contribution in [2.45, 2.75) is 27.7 Å². The zero-order chi connectivity index (χ0) is 7.89. The number of allylic oxidation sites excluding steroid dienone is 2. The van der Waals surface area contributed by atoms with Gasteiger partial charge in [-0.3, -0.25) is 4.79 Å². The molecule has 0 radical (unpaired) electrons. The highest BCUT2D eigenvalue weighted by Crippen LogP contribution is 2.32. The molecule has 0 heterocycles. The van der Waals surface area contributed by atoms with Gasteiger partial charge in [-0.2, -0.15) is 0 Å². The minimum Gasteiger partial charge on any atom is -0.294 e. The van der Waals surface area contributed by atoms with E-state index in [0.717, 1.165) is 5.57 Å². The molecule has 0 amide bonds. The fraction of sp³-hybridized carbons (Fsp3) is 0.667. The zero-order valence-electron chi connectivity index (χ0n) is 7.06. The monoisotopic (exact) mass is 138 g/mol. The highest BCUT2D eigenvalue weighted by molar-refractivity contribution is 6.00. The normalized spacial score (nSPS) is 33.8. The van der Waals surface area contributed by atoms with Crippen molar-refractivity contribution in [3.8, 4) is 0 Å². The number of hydrogen-bond donors (Lipinski definition) is 0. The van der Waals surface area contributed by atoms with Crippen LogP contribution < -0.4 is 0 Å². The van der Waals surface area contributed by atoms with E-state index in [1.807, 2.05) is 13.8 Å². The Morgan fingerprint density at radius 3 is 1.70 bits per heavy atom. The smallest absolute Gasteiger partial charge is 0.161 e. The molecule has 2 unspecified atom stereocenters. The molecular weight excluding hydrogens is 124 g/mol. The Morgan fingerprint density at radius 1 is 1.10 bits per heavy atom. The highest BCUT2D eigenvalue weighted by atomic mass is 16.1. The van der Waals surface area contributed by atoms with Gasteiger partial charge in [0.05, 0.1) is 0 Å². The summed E-state index contributed by atoms with van der Waals surface area (Å²) in [5, 5.41) is 0. The summed E-state index contributed by atoms with van der Waals surface area (Å²) >= 11 is 0. The average Bonchev–Trinajstić information content (AvgIpc) is 2.07. The highest BCUT2D eigenvalue weighted by Gasteiger charge is 2.30. The molecule has 0 aromatic rings. The molecule has 10 heavy (non-hydrogen) atoms. The van der Waals surface area contributed by atoms with E-state index < -0.39 is 0 Å². The maximum absolute atomic E-state index is 11.3. The number of carbonyl (C=O) groups excluding carboxylic acids is 1. The van der Waals surface area contributed by atoms with E-state index in [4.69, 9.17) is 0 Å².